The van der Waals surface area contributed by atoms with Gasteiger partial charge in [0.15, 0.2) is 22.8 Å². The molecule has 0 bridgehead atoms. The molecule has 5 heteroatoms. The van der Waals surface area contributed by atoms with Crippen molar-refractivity contribution in [1.82, 2.24) is 0 Å². The zero-order valence-corrected chi connectivity index (χ0v) is 8.62. The van der Waals surface area contributed by atoms with Gasteiger partial charge < -0.3 is 5.21 Å². The van der Waals surface area contributed by atoms with Crippen LogP contribution in [0.1, 0.15) is 27.7 Å². The summed E-state index contributed by atoms with van der Waals surface area (Å²) in [6.45, 7) is 4.64. The van der Waals surface area contributed by atoms with Crippen LogP contribution in [-0.2, 0) is 14.4 Å². The predicted molar refractivity (Wildman–Crippen MR) is 49.4 cm³/mol. The number of rotatable bonds is 4. The van der Waals surface area contributed by atoms with Crippen LogP contribution < -0.4 is 0 Å². The third-order valence-corrected chi connectivity index (χ3v) is 2.28. The zero-order chi connectivity index (χ0) is 11.5. The molecule has 0 heterocycles. The Hall–Kier alpha value is -1.52. The van der Waals surface area contributed by atoms with Gasteiger partial charge in [-0.05, 0) is 27.7 Å². The average molecular weight is 199 g/mol. The molecule has 78 valence electrons. The van der Waals surface area contributed by atoms with Gasteiger partial charge in [-0.2, -0.15) is 0 Å². The summed E-state index contributed by atoms with van der Waals surface area (Å²) in [6, 6.07) is 0. The van der Waals surface area contributed by atoms with E-state index in [1.165, 1.54) is 6.92 Å². The maximum Gasteiger partial charge on any atom is 0.185 e. The molecule has 0 aliphatic rings. The van der Waals surface area contributed by atoms with E-state index >= 15 is 0 Å². The van der Waals surface area contributed by atoms with E-state index in [1.54, 1.807) is 0 Å². The van der Waals surface area contributed by atoms with Gasteiger partial charge in [-0.3, -0.25) is 14.4 Å². The first-order valence-electron chi connectivity index (χ1n) is 4.04. The first-order valence-corrected chi connectivity index (χ1v) is 4.04. The maximum atomic E-state index is 11.3. The van der Waals surface area contributed by atoms with E-state index in [4.69, 9.17) is 5.21 Å². The molecule has 0 rings (SSSR count). The summed E-state index contributed by atoms with van der Waals surface area (Å²) in [5, 5.41) is 11.3. The van der Waals surface area contributed by atoms with Crippen LogP contribution in [0.2, 0.25) is 0 Å². The Morgan fingerprint density at radius 3 is 1.29 bits per heavy atom. The van der Waals surface area contributed by atoms with Crippen molar-refractivity contribution in [1.29, 1.82) is 0 Å². The third kappa shape index (κ3) is 1.57. The summed E-state index contributed by atoms with van der Waals surface area (Å²) >= 11 is 0. The van der Waals surface area contributed by atoms with Crippen LogP contribution in [0.25, 0.3) is 0 Å². The van der Waals surface area contributed by atoms with E-state index in [-0.39, 0.29) is 5.71 Å². The second kappa shape index (κ2) is 4.13. The fourth-order valence-corrected chi connectivity index (χ4v) is 1.58. The molecule has 0 amide bonds. The molecule has 0 aromatic heterocycles. The van der Waals surface area contributed by atoms with Gasteiger partial charge in [0.1, 0.15) is 0 Å². The van der Waals surface area contributed by atoms with Gasteiger partial charge in [0.25, 0.3) is 0 Å². The summed E-state index contributed by atoms with van der Waals surface area (Å²) in [5.41, 5.74) is -2.10. The zero-order valence-electron chi connectivity index (χ0n) is 8.62. The molecule has 0 spiro atoms. The molecule has 0 saturated carbocycles. The number of ketones is 3. The molecule has 14 heavy (non-hydrogen) atoms. The second-order valence-corrected chi connectivity index (χ2v) is 3.10. The highest BCUT2D eigenvalue weighted by molar-refractivity contribution is 6.38. The molecule has 0 aliphatic carbocycles. The lowest BCUT2D eigenvalue weighted by Crippen LogP contribution is -2.48. The highest BCUT2D eigenvalue weighted by Crippen LogP contribution is 2.24. The first kappa shape index (κ1) is 12.5. The van der Waals surface area contributed by atoms with Crippen LogP contribution in [0, 0.1) is 5.41 Å². The van der Waals surface area contributed by atoms with Gasteiger partial charge in [0.2, 0.25) is 0 Å². The van der Waals surface area contributed by atoms with Gasteiger partial charge in [0, 0.05) is 0 Å². The molecule has 0 fully saturated rings. The summed E-state index contributed by atoms with van der Waals surface area (Å²) < 4.78 is 0. The van der Waals surface area contributed by atoms with E-state index in [1.807, 2.05) is 0 Å². The minimum atomic E-state index is -1.91. The highest BCUT2D eigenvalue weighted by Gasteiger charge is 2.48. The van der Waals surface area contributed by atoms with E-state index in [0.717, 1.165) is 20.8 Å². The monoisotopic (exact) mass is 199 g/mol. The van der Waals surface area contributed by atoms with Gasteiger partial charge in [-0.25, -0.2) is 0 Å². The minimum Gasteiger partial charge on any atom is -0.411 e. The van der Waals surface area contributed by atoms with Crippen LogP contribution in [0.15, 0.2) is 5.16 Å². The minimum absolute atomic E-state index is 0.190. The third-order valence-electron chi connectivity index (χ3n) is 2.28. The molecule has 1 N–H and O–H groups in total. The van der Waals surface area contributed by atoms with E-state index in [2.05, 4.69) is 5.16 Å². The van der Waals surface area contributed by atoms with Crippen LogP contribution in [0.3, 0.4) is 0 Å². The molecule has 0 radical (unpaired) electrons. The molecular formula is C9H13NO4. The normalized spacial score (nSPS) is 12.4. The number of Topliss-reactive ketones (excluding diaryl/α,β-unsaturated/α-hetero) is 3. The summed E-state index contributed by atoms with van der Waals surface area (Å²) in [4.78, 5) is 33.9. The lowest BCUT2D eigenvalue weighted by Gasteiger charge is -2.24. The molecule has 0 atom stereocenters. The summed E-state index contributed by atoms with van der Waals surface area (Å²) in [7, 11) is 0. The summed E-state index contributed by atoms with van der Waals surface area (Å²) in [6.07, 6.45) is 0. The standard InChI is InChI=1S/C9H13NO4/c1-5(10-14)9(6(2)11,7(3)12)8(4)13/h14H,1-4H3. The van der Waals surface area contributed by atoms with Crippen molar-refractivity contribution >= 4 is 23.1 Å². The van der Waals surface area contributed by atoms with Crippen molar-refractivity contribution in [2.24, 2.45) is 10.6 Å². The number of hydrogen-bond acceptors (Lipinski definition) is 5. The average Bonchev–Trinajstić information content (AvgIpc) is 2.02. The topological polar surface area (TPSA) is 83.8 Å². The van der Waals surface area contributed by atoms with E-state index in [9.17, 15) is 14.4 Å². The lowest BCUT2D eigenvalue weighted by atomic mass is 9.73. The number of oxime groups is 1. The first-order chi connectivity index (χ1) is 6.31. The Kier molecular flexibility index (Phi) is 3.68. The number of carbonyl (C=O) groups excluding carboxylic acids is 3. The van der Waals surface area contributed by atoms with Crippen molar-refractivity contribution in [3.63, 3.8) is 0 Å². The van der Waals surface area contributed by atoms with Crippen molar-refractivity contribution in [2.45, 2.75) is 27.7 Å². The molecule has 0 unspecified atom stereocenters. The van der Waals surface area contributed by atoms with Gasteiger partial charge in [0.05, 0.1) is 5.71 Å². The van der Waals surface area contributed by atoms with E-state index in [0.29, 0.717) is 0 Å². The Morgan fingerprint density at radius 1 is 0.929 bits per heavy atom. The molecule has 5 nitrogen and oxygen atoms in total. The number of nitrogens with zero attached hydrogens (tertiary/aromatic N) is 1. The van der Waals surface area contributed by atoms with Crippen molar-refractivity contribution in [3.8, 4) is 0 Å². The Balaban J connectivity index is 5.77. The lowest BCUT2D eigenvalue weighted by molar-refractivity contribution is -0.141. The molecule has 0 aromatic carbocycles. The Bertz CT molecular complexity index is 281. The Morgan fingerprint density at radius 2 is 1.21 bits per heavy atom. The fourth-order valence-electron chi connectivity index (χ4n) is 1.58. The number of hydrogen-bond donors (Lipinski definition) is 1. The van der Waals surface area contributed by atoms with Gasteiger partial charge in [-0.1, -0.05) is 5.16 Å². The smallest absolute Gasteiger partial charge is 0.185 e. The maximum absolute atomic E-state index is 11.3. The van der Waals surface area contributed by atoms with Crippen LogP contribution >= 0.6 is 0 Å². The molecular weight excluding hydrogens is 186 g/mol. The fraction of sp³-hybridized carbons (Fsp3) is 0.556. The van der Waals surface area contributed by atoms with Crippen molar-refractivity contribution < 1.29 is 19.6 Å². The predicted octanol–water partition coefficient (Wildman–Crippen LogP) is 0.590. The van der Waals surface area contributed by atoms with Crippen LogP contribution in [0.5, 0.6) is 0 Å². The second-order valence-electron chi connectivity index (χ2n) is 3.10. The van der Waals surface area contributed by atoms with Gasteiger partial charge in [-0.15, -0.1) is 0 Å². The van der Waals surface area contributed by atoms with Crippen LogP contribution in [-0.4, -0.2) is 28.3 Å². The Labute approximate surface area is 81.8 Å². The molecule has 0 aliphatic heterocycles. The van der Waals surface area contributed by atoms with E-state index < -0.39 is 22.8 Å². The largest absolute Gasteiger partial charge is 0.411 e. The van der Waals surface area contributed by atoms with Crippen molar-refractivity contribution in [2.75, 3.05) is 0 Å². The SMILES string of the molecule is CC(=O)C(C(C)=O)(C(C)=O)C(C)=NO. The summed E-state index contributed by atoms with van der Waals surface area (Å²) in [5.74, 6) is -1.89. The highest BCUT2D eigenvalue weighted by atomic mass is 16.4. The van der Waals surface area contributed by atoms with Crippen molar-refractivity contribution in [3.05, 3.63) is 0 Å². The number of carbonyl (C=O) groups is 3. The van der Waals surface area contributed by atoms with Crippen LogP contribution in [0.4, 0.5) is 0 Å². The quantitative estimate of drug-likeness (QED) is 0.311. The molecule has 0 aromatic rings. The van der Waals surface area contributed by atoms with Gasteiger partial charge >= 0.3 is 0 Å². The molecule has 0 saturated heterocycles.